The highest BCUT2D eigenvalue weighted by Gasteiger charge is 2.29. The molecule has 92 valence electrons. The number of nitrogens with zero attached hydrogens (tertiary/aromatic N) is 1. The van der Waals surface area contributed by atoms with Crippen LogP contribution in [0.25, 0.3) is 0 Å². The Bertz CT molecular complexity index is 234. The van der Waals surface area contributed by atoms with Crippen LogP contribution in [0.4, 0.5) is 0 Å². The van der Waals surface area contributed by atoms with Crippen LogP contribution < -0.4 is 5.32 Å². The predicted molar refractivity (Wildman–Crippen MR) is 66.6 cm³/mol. The maximum absolute atomic E-state index is 5.15. The van der Waals surface area contributed by atoms with Gasteiger partial charge in [0.1, 0.15) is 0 Å². The maximum Gasteiger partial charge on any atom is 0.0589 e. The second-order valence-corrected chi connectivity index (χ2v) is 5.10. The first-order valence-electron chi connectivity index (χ1n) is 6.42. The van der Waals surface area contributed by atoms with E-state index in [1.54, 1.807) is 7.11 Å². The summed E-state index contributed by atoms with van der Waals surface area (Å²) in [5.41, 5.74) is 1.31. The molecule has 2 aliphatic rings. The highest BCUT2D eigenvalue weighted by molar-refractivity contribution is 5.03. The zero-order valence-corrected chi connectivity index (χ0v) is 10.4. The van der Waals surface area contributed by atoms with Gasteiger partial charge in [-0.05, 0) is 31.3 Å². The SMILES string of the molecule is C=C(CNC1CC1)CN(CCOC)C1CC1. The van der Waals surface area contributed by atoms with E-state index in [4.69, 9.17) is 4.74 Å². The van der Waals surface area contributed by atoms with Gasteiger partial charge >= 0.3 is 0 Å². The number of hydrogen-bond donors (Lipinski definition) is 1. The lowest BCUT2D eigenvalue weighted by atomic mass is 10.2. The number of ether oxygens (including phenoxy) is 1. The van der Waals surface area contributed by atoms with Crippen LogP contribution in [0, 0.1) is 0 Å². The molecule has 2 fully saturated rings. The molecule has 0 amide bonds. The molecular formula is C13H24N2O. The Labute approximate surface area is 98.8 Å². The maximum atomic E-state index is 5.15. The van der Waals surface area contributed by atoms with Gasteiger partial charge in [0.25, 0.3) is 0 Å². The summed E-state index contributed by atoms with van der Waals surface area (Å²) in [4.78, 5) is 2.51. The van der Waals surface area contributed by atoms with E-state index in [9.17, 15) is 0 Å². The summed E-state index contributed by atoms with van der Waals surface area (Å²) in [6.07, 6.45) is 5.41. The molecule has 2 saturated carbocycles. The summed E-state index contributed by atoms with van der Waals surface area (Å²) in [5.74, 6) is 0. The van der Waals surface area contributed by atoms with Crippen LogP contribution in [0.2, 0.25) is 0 Å². The summed E-state index contributed by atoms with van der Waals surface area (Å²) < 4.78 is 5.15. The molecule has 0 heterocycles. The van der Waals surface area contributed by atoms with Gasteiger partial charge in [0.2, 0.25) is 0 Å². The molecule has 0 aliphatic heterocycles. The highest BCUT2D eigenvalue weighted by atomic mass is 16.5. The van der Waals surface area contributed by atoms with Gasteiger partial charge < -0.3 is 10.1 Å². The second-order valence-electron chi connectivity index (χ2n) is 5.10. The van der Waals surface area contributed by atoms with E-state index >= 15 is 0 Å². The van der Waals surface area contributed by atoms with Gasteiger partial charge in [0.05, 0.1) is 6.61 Å². The van der Waals surface area contributed by atoms with Crippen molar-refractivity contribution in [1.82, 2.24) is 10.2 Å². The van der Waals surface area contributed by atoms with Crippen molar-refractivity contribution in [3.8, 4) is 0 Å². The Hall–Kier alpha value is -0.380. The fourth-order valence-corrected chi connectivity index (χ4v) is 1.96. The van der Waals surface area contributed by atoms with Crippen molar-refractivity contribution in [2.45, 2.75) is 37.8 Å². The van der Waals surface area contributed by atoms with Crippen LogP contribution in [-0.4, -0.2) is 50.3 Å². The quantitative estimate of drug-likeness (QED) is 0.599. The number of rotatable bonds is 9. The minimum absolute atomic E-state index is 0.783. The number of methoxy groups -OCH3 is 1. The lowest BCUT2D eigenvalue weighted by molar-refractivity contribution is 0.149. The van der Waals surface area contributed by atoms with Gasteiger partial charge in [-0.15, -0.1) is 0 Å². The molecule has 0 aromatic heterocycles. The van der Waals surface area contributed by atoms with Crippen molar-refractivity contribution < 1.29 is 4.74 Å². The first-order chi connectivity index (χ1) is 7.79. The van der Waals surface area contributed by atoms with E-state index in [1.807, 2.05) is 0 Å². The Morgan fingerprint density at radius 3 is 2.69 bits per heavy atom. The van der Waals surface area contributed by atoms with Crippen molar-refractivity contribution in [2.24, 2.45) is 0 Å². The first kappa shape index (κ1) is 12.1. The molecule has 0 radical (unpaired) electrons. The molecule has 1 N–H and O–H groups in total. The minimum Gasteiger partial charge on any atom is -0.383 e. The van der Waals surface area contributed by atoms with Crippen LogP contribution in [-0.2, 0) is 4.74 Å². The molecule has 0 spiro atoms. The zero-order valence-electron chi connectivity index (χ0n) is 10.4. The van der Waals surface area contributed by atoms with E-state index in [-0.39, 0.29) is 0 Å². The second kappa shape index (κ2) is 5.80. The number of hydrogen-bond acceptors (Lipinski definition) is 3. The van der Waals surface area contributed by atoms with E-state index < -0.39 is 0 Å². The average molecular weight is 224 g/mol. The van der Waals surface area contributed by atoms with Crippen LogP contribution in [0.15, 0.2) is 12.2 Å². The fourth-order valence-electron chi connectivity index (χ4n) is 1.96. The van der Waals surface area contributed by atoms with E-state index in [1.165, 1.54) is 31.3 Å². The normalized spacial score (nSPS) is 20.4. The van der Waals surface area contributed by atoms with Crippen molar-refractivity contribution in [3.05, 3.63) is 12.2 Å². The predicted octanol–water partition coefficient (Wildman–Crippen LogP) is 1.41. The molecule has 0 atom stereocenters. The third kappa shape index (κ3) is 4.24. The fraction of sp³-hybridized carbons (Fsp3) is 0.846. The smallest absolute Gasteiger partial charge is 0.0589 e. The van der Waals surface area contributed by atoms with Gasteiger partial charge in [-0.25, -0.2) is 0 Å². The van der Waals surface area contributed by atoms with Gasteiger partial charge in [-0.2, -0.15) is 0 Å². The Morgan fingerprint density at radius 2 is 2.12 bits per heavy atom. The lowest BCUT2D eigenvalue weighted by Crippen LogP contribution is -2.33. The Kier molecular flexibility index (Phi) is 4.38. The summed E-state index contributed by atoms with van der Waals surface area (Å²) in [6.45, 7) is 8.07. The number of nitrogens with one attached hydrogen (secondary N) is 1. The lowest BCUT2D eigenvalue weighted by Gasteiger charge is -2.22. The van der Waals surface area contributed by atoms with Crippen LogP contribution >= 0.6 is 0 Å². The van der Waals surface area contributed by atoms with Crippen molar-refractivity contribution in [3.63, 3.8) is 0 Å². The molecule has 2 rings (SSSR count). The highest BCUT2D eigenvalue weighted by Crippen LogP contribution is 2.27. The molecule has 0 unspecified atom stereocenters. The van der Waals surface area contributed by atoms with Gasteiger partial charge in [0.15, 0.2) is 0 Å². The first-order valence-corrected chi connectivity index (χ1v) is 6.42. The molecule has 0 saturated heterocycles. The summed E-state index contributed by atoms with van der Waals surface area (Å²) in [5, 5.41) is 3.52. The standard InChI is InChI=1S/C13H24N2O/c1-11(9-14-12-3-4-12)10-15(7-8-16-2)13-5-6-13/h12-14H,1,3-10H2,2H3. The van der Waals surface area contributed by atoms with Gasteiger partial charge in [-0.1, -0.05) is 6.58 Å². The Balaban J connectivity index is 1.64. The minimum atomic E-state index is 0.783. The Morgan fingerprint density at radius 1 is 1.38 bits per heavy atom. The van der Waals surface area contributed by atoms with Crippen LogP contribution in [0.3, 0.4) is 0 Å². The topological polar surface area (TPSA) is 24.5 Å². The summed E-state index contributed by atoms with van der Waals surface area (Å²) in [7, 11) is 1.77. The third-order valence-corrected chi connectivity index (χ3v) is 3.29. The molecular weight excluding hydrogens is 200 g/mol. The van der Waals surface area contributed by atoms with Crippen LogP contribution in [0.5, 0.6) is 0 Å². The summed E-state index contributed by atoms with van der Waals surface area (Å²) >= 11 is 0. The third-order valence-electron chi connectivity index (χ3n) is 3.29. The molecule has 2 aliphatic carbocycles. The molecule has 3 nitrogen and oxygen atoms in total. The van der Waals surface area contributed by atoms with Crippen molar-refractivity contribution >= 4 is 0 Å². The molecule has 3 heteroatoms. The van der Waals surface area contributed by atoms with Crippen molar-refractivity contribution in [1.29, 1.82) is 0 Å². The van der Waals surface area contributed by atoms with Gasteiger partial charge in [-0.3, -0.25) is 4.90 Å². The van der Waals surface area contributed by atoms with E-state index in [0.29, 0.717) is 0 Å². The van der Waals surface area contributed by atoms with E-state index in [2.05, 4.69) is 16.8 Å². The van der Waals surface area contributed by atoms with Gasteiger partial charge in [0, 0.05) is 38.8 Å². The molecule has 0 aromatic carbocycles. The van der Waals surface area contributed by atoms with Crippen molar-refractivity contribution in [2.75, 3.05) is 33.4 Å². The molecule has 0 bridgehead atoms. The average Bonchev–Trinajstić information content (AvgIpc) is 3.15. The van der Waals surface area contributed by atoms with E-state index in [0.717, 1.165) is 38.3 Å². The molecule has 16 heavy (non-hydrogen) atoms. The van der Waals surface area contributed by atoms with Crippen LogP contribution in [0.1, 0.15) is 25.7 Å². The monoisotopic (exact) mass is 224 g/mol. The largest absolute Gasteiger partial charge is 0.383 e. The summed E-state index contributed by atoms with van der Waals surface area (Å²) in [6, 6.07) is 1.58. The zero-order chi connectivity index (χ0) is 11.4. The molecule has 0 aromatic rings.